The second-order valence-corrected chi connectivity index (χ2v) is 6.68. The van der Waals surface area contributed by atoms with Crippen molar-refractivity contribution in [3.8, 4) is 0 Å². The molecule has 1 heterocycles. The molecular formula is C16H26N4O2. The molecule has 0 bridgehead atoms. The van der Waals surface area contributed by atoms with Crippen molar-refractivity contribution in [2.75, 3.05) is 45.1 Å². The van der Waals surface area contributed by atoms with Gasteiger partial charge in [0, 0.05) is 44.3 Å². The first-order chi connectivity index (χ1) is 10.4. The summed E-state index contributed by atoms with van der Waals surface area (Å²) in [6.45, 7) is 9.61. The first kappa shape index (κ1) is 16.7. The van der Waals surface area contributed by atoms with Gasteiger partial charge in [-0.25, -0.2) is 0 Å². The highest BCUT2D eigenvalue weighted by atomic mass is 16.6. The van der Waals surface area contributed by atoms with Crippen LogP contribution >= 0.6 is 0 Å². The second-order valence-electron chi connectivity index (χ2n) is 6.68. The maximum Gasteiger partial charge on any atom is 0.292 e. The Labute approximate surface area is 132 Å². The average Bonchev–Trinajstić information content (AvgIpc) is 2.46. The molecule has 2 rings (SSSR count). The lowest BCUT2D eigenvalue weighted by atomic mass is 9.99. The molecule has 0 radical (unpaired) electrons. The van der Waals surface area contributed by atoms with E-state index in [1.807, 2.05) is 6.07 Å². The molecule has 0 spiro atoms. The topological polar surface area (TPSA) is 61.6 Å². The minimum absolute atomic E-state index is 0.134. The van der Waals surface area contributed by atoms with Crippen molar-refractivity contribution < 1.29 is 4.92 Å². The summed E-state index contributed by atoms with van der Waals surface area (Å²) in [7, 11) is 2.15. The molecule has 0 unspecified atom stereocenters. The van der Waals surface area contributed by atoms with Gasteiger partial charge in [-0.2, -0.15) is 0 Å². The Bertz CT molecular complexity index is 511. The fourth-order valence-electron chi connectivity index (χ4n) is 2.67. The number of hydrogen-bond donors (Lipinski definition) is 1. The zero-order valence-electron chi connectivity index (χ0n) is 13.7. The lowest BCUT2D eigenvalue weighted by molar-refractivity contribution is -0.384. The lowest BCUT2D eigenvalue weighted by Gasteiger charge is -2.35. The Kier molecular flexibility index (Phi) is 5.37. The molecule has 122 valence electrons. The summed E-state index contributed by atoms with van der Waals surface area (Å²) in [5, 5.41) is 14.4. The number of rotatable bonds is 6. The largest absolute Gasteiger partial charge is 0.375 e. The minimum Gasteiger partial charge on any atom is -0.375 e. The fourth-order valence-corrected chi connectivity index (χ4v) is 2.67. The first-order valence-electron chi connectivity index (χ1n) is 7.80. The number of piperazine rings is 1. The first-order valence-corrected chi connectivity index (χ1v) is 7.80. The lowest BCUT2D eigenvalue weighted by Crippen LogP contribution is -2.46. The van der Waals surface area contributed by atoms with E-state index in [9.17, 15) is 10.1 Å². The normalized spacial score (nSPS) is 17.4. The number of nitrogens with one attached hydrogen (secondary N) is 1. The van der Waals surface area contributed by atoms with Crippen molar-refractivity contribution in [1.82, 2.24) is 9.80 Å². The van der Waals surface area contributed by atoms with Gasteiger partial charge in [-0.05, 0) is 33.4 Å². The third-order valence-electron chi connectivity index (χ3n) is 4.22. The standard InChI is InChI=1S/C16H26N4O2/c1-16(2,8-9-19-12-10-18(3)11-13-19)17-14-6-4-5-7-15(14)20(21)22/h4-7,17H,8-13H2,1-3H3. The van der Waals surface area contributed by atoms with Crippen LogP contribution in [0.25, 0.3) is 0 Å². The van der Waals surface area contributed by atoms with Crippen LogP contribution in [0.15, 0.2) is 24.3 Å². The Morgan fingerprint density at radius 2 is 1.86 bits per heavy atom. The van der Waals surface area contributed by atoms with Crippen LogP contribution in [0.4, 0.5) is 11.4 Å². The van der Waals surface area contributed by atoms with E-state index in [1.165, 1.54) is 0 Å². The van der Waals surface area contributed by atoms with Crippen molar-refractivity contribution >= 4 is 11.4 Å². The number of benzene rings is 1. The quantitative estimate of drug-likeness (QED) is 0.646. The van der Waals surface area contributed by atoms with Gasteiger partial charge in [0.15, 0.2) is 0 Å². The number of likely N-dealkylation sites (N-methyl/N-ethyl adjacent to an activating group) is 1. The van der Waals surface area contributed by atoms with E-state index in [-0.39, 0.29) is 16.1 Å². The third kappa shape index (κ3) is 4.68. The van der Waals surface area contributed by atoms with E-state index in [4.69, 9.17) is 0 Å². The van der Waals surface area contributed by atoms with Crippen molar-refractivity contribution in [3.63, 3.8) is 0 Å². The smallest absolute Gasteiger partial charge is 0.292 e. The van der Waals surface area contributed by atoms with Crippen molar-refractivity contribution in [2.45, 2.75) is 25.8 Å². The number of para-hydroxylation sites is 2. The van der Waals surface area contributed by atoms with Gasteiger partial charge >= 0.3 is 0 Å². The average molecular weight is 306 g/mol. The Morgan fingerprint density at radius 1 is 1.23 bits per heavy atom. The van der Waals surface area contributed by atoms with Crippen LogP contribution in [0.1, 0.15) is 20.3 Å². The van der Waals surface area contributed by atoms with E-state index in [1.54, 1.807) is 18.2 Å². The van der Waals surface area contributed by atoms with Gasteiger partial charge in [-0.15, -0.1) is 0 Å². The van der Waals surface area contributed by atoms with Gasteiger partial charge < -0.3 is 15.1 Å². The molecule has 1 aliphatic heterocycles. The van der Waals surface area contributed by atoms with Crippen molar-refractivity contribution in [2.24, 2.45) is 0 Å². The van der Waals surface area contributed by atoms with Gasteiger partial charge in [-0.1, -0.05) is 12.1 Å². The maximum atomic E-state index is 11.1. The summed E-state index contributed by atoms with van der Waals surface area (Å²) in [5.74, 6) is 0. The zero-order chi connectivity index (χ0) is 16.2. The van der Waals surface area contributed by atoms with Crippen LogP contribution in [0.3, 0.4) is 0 Å². The maximum absolute atomic E-state index is 11.1. The molecule has 6 heteroatoms. The molecule has 0 amide bonds. The number of nitro groups is 1. The molecule has 1 fully saturated rings. The highest BCUT2D eigenvalue weighted by Gasteiger charge is 2.23. The Hall–Kier alpha value is -1.66. The molecule has 1 aromatic carbocycles. The van der Waals surface area contributed by atoms with Crippen LogP contribution in [0, 0.1) is 10.1 Å². The van der Waals surface area contributed by atoms with Crippen LogP contribution in [0.2, 0.25) is 0 Å². The summed E-state index contributed by atoms with van der Waals surface area (Å²) in [6.07, 6.45) is 0.947. The van der Waals surface area contributed by atoms with E-state index in [2.05, 4.69) is 36.0 Å². The molecule has 0 saturated carbocycles. The summed E-state index contributed by atoms with van der Waals surface area (Å²) < 4.78 is 0. The van der Waals surface area contributed by atoms with E-state index in [0.29, 0.717) is 5.69 Å². The molecule has 6 nitrogen and oxygen atoms in total. The van der Waals surface area contributed by atoms with Gasteiger partial charge in [0.1, 0.15) is 5.69 Å². The van der Waals surface area contributed by atoms with Crippen LogP contribution in [-0.2, 0) is 0 Å². The number of nitrogens with zero attached hydrogens (tertiary/aromatic N) is 3. The van der Waals surface area contributed by atoms with Gasteiger partial charge in [-0.3, -0.25) is 10.1 Å². The third-order valence-corrected chi connectivity index (χ3v) is 4.22. The minimum atomic E-state index is -0.334. The van der Waals surface area contributed by atoms with Gasteiger partial charge in [0.2, 0.25) is 0 Å². The predicted octanol–water partition coefficient (Wildman–Crippen LogP) is 2.42. The highest BCUT2D eigenvalue weighted by Crippen LogP contribution is 2.27. The molecule has 1 aliphatic rings. The van der Waals surface area contributed by atoms with Crippen LogP contribution < -0.4 is 5.32 Å². The second kappa shape index (κ2) is 7.07. The van der Waals surface area contributed by atoms with Crippen LogP contribution in [-0.4, -0.2) is 60.0 Å². The molecular weight excluding hydrogens is 280 g/mol. The predicted molar refractivity (Wildman–Crippen MR) is 89.4 cm³/mol. The SMILES string of the molecule is CN1CCN(CCC(C)(C)Nc2ccccc2[N+](=O)[O-])CC1. The van der Waals surface area contributed by atoms with Gasteiger partial charge in [0.05, 0.1) is 4.92 Å². The van der Waals surface area contributed by atoms with E-state index in [0.717, 1.165) is 39.1 Å². The monoisotopic (exact) mass is 306 g/mol. The summed E-state index contributed by atoms with van der Waals surface area (Å²) >= 11 is 0. The number of anilines is 1. The van der Waals surface area contributed by atoms with Crippen molar-refractivity contribution in [1.29, 1.82) is 0 Å². The Morgan fingerprint density at radius 3 is 2.50 bits per heavy atom. The summed E-state index contributed by atoms with van der Waals surface area (Å²) in [4.78, 5) is 15.6. The van der Waals surface area contributed by atoms with E-state index < -0.39 is 0 Å². The fraction of sp³-hybridized carbons (Fsp3) is 0.625. The van der Waals surface area contributed by atoms with Crippen LogP contribution in [0.5, 0.6) is 0 Å². The molecule has 0 atom stereocenters. The summed E-state index contributed by atoms with van der Waals surface area (Å²) in [6, 6.07) is 6.83. The number of nitro benzene ring substituents is 1. The molecule has 22 heavy (non-hydrogen) atoms. The van der Waals surface area contributed by atoms with Gasteiger partial charge in [0.25, 0.3) is 5.69 Å². The Balaban J connectivity index is 1.92. The molecule has 1 saturated heterocycles. The van der Waals surface area contributed by atoms with Crippen molar-refractivity contribution in [3.05, 3.63) is 34.4 Å². The van der Waals surface area contributed by atoms with E-state index >= 15 is 0 Å². The molecule has 1 aromatic rings. The number of hydrogen-bond acceptors (Lipinski definition) is 5. The molecule has 0 aliphatic carbocycles. The zero-order valence-corrected chi connectivity index (χ0v) is 13.7. The molecule has 0 aromatic heterocycles. The summed E-state index contributed by atoms with van der Waals surface area (Å²) in [5.41, 5.74) is 0.543. The molecule has 1 N–H and O–H groups in total. The highest BCUT2D eigenvalue weighted by molar-refractivity contribution is 5.62.